The molecular formula is C16H21BrClFN2O2. The van der Waals surface area contributed by atoms with E-state index in [0.29, 0.717) is 15.2 Å². The van der Waals surface area contributed by atoms with Gasteiger partial charge in [-0.2, -0.15) is 0 Å². The van der Waals surface area contributed by atoms with Gasteiger partial charge in [0.25, 0.3) is 0 Å². The zero-order valence-corrected chi connectivity index (χ0v) is 15.7. The van der Waals surface area contributed by atoms with Gasteiger partial charge >= 0.3 is 6.09 Å². The normalized spacial score (nSPS) is 21.1. The summed E-state index contributed by atoms with van der Waals surface area (Å²) in [4.78, 5) is 11.8. The van der Waals surface area contributed by atoms with E-state index in [1.165, 1.54) is 12.1 Å². The summed E-state index contributed by atoms with van der Waals surface area (Å²) in [6, 6.07) is 2.87. The SMILES string of the molecule is CC(C)(C)OC(=O)NC1CCC(Nc2c(Cl)cc(F)cc2Br)C1. The van der Waals surface area contributed by atoms with E-state index in [1.54, 1.807) is 0 Å². The largest absolute Gasteiger partial charge is 0.444 e. The topological polar surface area (TPSA) is 50.4 Å². The molecule has 0 spiro atoms. The molecule has 1 amide bonds. The molecule has 1 saturated carbocycles. The van der Waals surface area contributed by atoms with Gasteiger partial charge in [-0.1, -0.05) is 11.6 Å². The molecular weight excluding hydrogens is 387 g/mol. The Labute approximate surface area is 149 Å². The summed E-state index contributed by atoms with van der Waals surface area (Å²) >= 11 is 9.40. The van der Waals surface area contributed by atoms with E-state index in [9.17, 15) is 9.18 Å². The molecule has 2 atom stereocenters. The highest BCUT2D eigenvalue weighted by molar-refractivity contribution is 9.10. The van der Waals surface area contributed by atoms with Gasteiger partial charge in [-0.05, 0) is 68.1 Å². The molecule has 4 nitrogen and oxygen atoms in total. The predicted molar refractivity (Wildman–Crippen MR) is 93.5 cm³/mol. The number of ether oxygens (including phenoxy) is 1. The second-order valence-electron chi connectivity index (χ2n) is 6.74. The summed E-state index contributed by atoms with van der Waals surface area (Å²) < 4.78 is 19.1. The van der Waals surface area contributed by atoms with Crippen LogP contribution in [0.25, 0.3) is 0 Å². The van der Waals surface area contributed by atoms with E-state index in [1.807, 2.05) is 20.8 Å². The van der Waals surface area contributed by atoms with Gasteiger partial charge in [0.2, 0.25) is 0 Å². The van der Waals surface area contributed by atoms with Gasteiger partial charge in [-0.25, -0.2) is 9.18 Å². The van der Waals surface area contributed by atoms with Crippen molar-refractivity contribution < 1.29 is 13.9 Å². The molecule has 128 valence electrons. The van der Waals surface area contributed by atoms with Crippen LogP contribution in [0.3, 0.4) is 0 Å². The summed E-state index contributed by atoms with van der Waals surface area (Å²) in [7, 11) is 0. The number of hydrogen-bond donors (Lipinski definition) is 2. The molecule has 0 aromatic heterocycles. The first kappa shape index (κ1) is 18.3. The van der Waals surface area contributed by atoms with Crippen molar-refractivity contribution in [1.82, 2.24) is 5.32 Å². The fourth-order valence-corrected chi connectivity index (χ4v) is 3.52. The second kappa shape index (κ2) is 7.26. The number of carbonyl (C=O) groups excluding carboxylic acids is 1. The maximum Gasteiger partial charge on any atom is 0.407 e. The average molecular weight is 408 g/mol. The van der Waals surface area contributed by atoms with Gasteiger partial charge in [0.1, 0.15) is 11.4 Å². The molecule has 1 aromatic carbocycles. The van der Waals surface area contributed by atoms with Crippen LogP contribution in [0.2, 0.25) is 5.02 Å². The number of rotatable bonds is 3. The first-order valence-electron chi connectivity index (χ1n) is 7.54. The molecule has 2 N–H and O–H groups in total. The number of amides is 1. The van der Waals surface area contributed by atoms with Crippen molar-refractivity contribution in [3.05, 3.63) is 27.4 Å². The van der Waals surface area contributed by atoms with E-state index in [2.05, 4.69) is 26.6 Å². The Bertz CT molecular complexity index is 569. The van der Waals surface area contributed by atoms with Crippen LogP contribution in [-0.2, 0) is 4.74 Å². The number of benzene rings is 1. The van der Waals surface area contributed by atoms with Crippen molar-refractivity contribution in [2.24, 2.45) is 0 Å². The Morgan fingerprint density at radius 2 is 2.00 bits per heavy atom. The molecule has 2 rings (SSSR count). The quantitative estimate of drug-likeness (QED) is 0.733. The van der Waals surface area contributed by atoms with Crippen LogP contribution in [-0.4, -0.2) is 23.8 Å². The van der Waals surface area contributed by atoms with Crippen LogP contribution in [0.1, 0.15) is 40.0 Å². The van der Waals surface area contributed by atoms with Gasteiger partial charge in [0.15, 0.2) is 0 Å². The Morgan fingerprint density at radius 1 is 1.35 bits per heavy atom. The highest BCUT2D eigenvalue weighted by Crippen LogP contribution is 2.34. The molecule has 23 heavy (non-hydrogen) atoms. The van der Waals surface area contributed by atoms with Gasteiger partial charge < -0.3 is 15.4 Å². The smallest absolute Gasteiger partial charge is 0.407 e. The van der Waals surface area contributed by atoms with Crippen LogP contribution < -0.4 is 10.6 Å². The molecule has 0 saturated heterocycles. The molecule has 0 bridgehead atoms. The van der Waals surface area contributed by atoms with Crippen molar-refractivity contribution >= 4 is 39.3 Å². The maximum absolute atomic E-state index is 13.3. The van der Waals surface area contributed by atoms with E-state index in [0.717, 1.165) is 19.3 Å². The highest BCUT2D eigenvalue weighted by Gasteiger charge is 2.28. The standard InChI is InChI=1S/C16H21BrClFN2O2/c1-16(2,3)23-15(22)21-11-5-4-10(8-11)20-14-12(17)6-9(19)7-13(14)18/h6-7,10-11,20H,4-5,8H2,1-3H3,(H,21,22). The Kier molecular flexibility index (Phi) is 5.79. The third-order valence-electron chi connectivity index (χ3n) is 3.51. The number of halogens is 3. The number of hydrogen-bond acceptors (Lipinski definition) is 3. The maximum atomic E-state index is 13.3. The van der Waals surface area contributed by atoms with Crippen molar-refractivity contribution in [2.75, 3.05) is 5.32 Å². The van der Waals surface area contributed by atoms with Gasteiger partial charge in [0.05, 0.1) is 10.7 Å². The van der Waals surface area contributed by atoms with Gasteiger partial charge in [-0.15, -0.1) is 0 Å². The van der Waals surface area contributed by atoms with Crippen LogP contribution in [0, 0.1) is 5.82 Å². The minimum atomic E-state index is -0.507. The lowest BCUT2D eigenvalue weighted by Crippen LogP contribution is -2.38. The van der Waals surface area contributed by atoms with E-state index < -0.39 is 11.7 Å². The summed E-state index contributed by atoms with van der Waals surface area (Å²) in [6.07, 6.45) is 2.11. The lowest BCUT2D eigenvalue weighted by Gasteiger charge is -2.22. The van der Waals surface area contributed by atoms with Crippen molar-refractivity contribution in [3.8, 4) is 0 Å². The number of nitrogens with one attached hydrogen (secondary N) is 2. The minimum absolute atomic E-state index is 0.0559. The molecule has 1 aromatic rings. The third kappa shape index (κ3) is 5.53. The van der Waals surface area contributed by atoms with Crippen LogP contribution in [0.5, 0.6) is 0 Å². The number of alkyl carbamates (subject to hydrolysis) is 1. The second-order valence-corrected chi connectivity index (χ2v) is 8.00. The average Bonchev–Trinajstić information content (AvgIpc) is 2.78. The van der Waals surface area contributed by atoms with Crippen LogP contribution in [0.4, 0.5) is 14.9 Å². The summed E-state index contributed by atoms with van der Waals surface area (Å²) in [6.45, 7) is 5.50. The number of carbonyl (C=O) groups is 1. The summed E-state index contributed by atoms with van der Waals surface area (Å²) in [5.41, 5.74) is 0.170. The zero-order chi connectivity index (χ0) is 17.2. The van der Waals surface area contributed by atoms with Crippen LogP contribution in [0.15, 0.2) is 16.6 Å². The number of anilines is 1. The molecule has 1 fully saturated rings. The Hall–Kier alpha value is -1.01. The first-order valence-corrected chi connectivity index (χ1v) is 8.72. The fourth-order valence-electron chi connectivity index (χ4n) is 2.60. The lowest BCUT2D eigenvalue weighted by molar-refractivity contribution is 0.0505. The summed E-state index contributed by atoms with van der Waals surface area (Å²) in [5, 5.41) is 6.54. The monoisotopic (exact) mass is 406 g/mol. The Morgan fingerprint density at radius 3 is 2.61 bits per heavy atom. The molecule has 0 heterocycles. The molecule has 1 aliphatic rings. The lowest BCUT2D eigenvalue weighted by atomic mass is 10.2. The van der Waals surface area contributed by atoms with Crippen molar-refractivity contribution in [3.63, 3.8) is 0 Å². The van der Waals surface area contributed by atoms with E-state index >= 15 is 0 Å². The van der Waals surface area contributed by atoms with Gasteiger partial charge in [0, 0.05) is 16.6 Å². The first-order chi connectivity index (χ1) is 10.6. The Balaban J connectivity index is 1.90. The molecule has 0 aliphatic heterocycles. The molecule has 7 heteroatoms. The van der Waals surface area contributed by atoms with E-state index in [-0.39, 0.29) is 17.9 Å². The summed E-state index contributed by atoms with van der Waals surface area (Å²) in [5.74, 6) is -0.386. The fraction of sp³-hybridized carbons (Fsp3) is 0.562. The molecule has 1 aliphatic carbocycles. The van der Waals surface area contributed by atoms with Crippen molar-refractivity contribution in [1.29, 1.82) is 0 Å². The minimum Gasteiger partial charge on any atom is -0.444 e. The molecule has 2 unspecified atom stereocenters. The zero-order valence-electron chi connectivity index (χ0n) is 13.4. The van der Waals surface area contributed by atoms with Crippen molar-refractivity contribution in [2.45, 2.75) is 57.7 Å². The third-order valence-corrected chi connectivity index (χ3v) is 4.43. The predicted octanol–water partition coefficient (Wildman–Crippen LogP) is 5.10. The van der Waals surface area contributed by atoms with Gasteiger partial charge in [-0.3, -0.25) is 0 Å². The molecule has 0 radical (unpaired) electrons. The highest BCUT2D eigenvalue weighted by atomic mass is 79.9. The van der Waals surface area contributed by atoms with Crippen LogP contribution >= 0.6 is 27.5 Å². The van der Waals surface area contributed by atoms with E-state index in [4.69, 9.17) is 16.3 Å².